The first-order chi connectivity index (χ1) is 17.6. The van der Waals surface area contributed by atoms with Crippen molar-refractivity contribution in [3.63, 3.8) is 0 Å². The predicted molar refractivity (Wildman–Crippen MR) is 150 cm³/mol. The molecule has 0 aliphatic heterocycles. The molecule has 2 N–H and O–H groups in total. The highest BCUT2D eigenvalue weighted by Gasteiger charge is 2.25. The second kappa shape index (κ2) is 11.8. The minimum atomic E-state index is 0.106. The van der Waals surface area contributed by atoms with Gasteiger partial charge in [0.05, 0.1) is 0 Å². The van der Waals surface area contributed by atoms with Gasteiger partial charge in [-0.05, 0) is 80.9 Å². The molecule has 192 valence electrons. The van der Waals surface area contributed by atoms with E-state index >= 15 is 0 Å². The number of Topliss-reactive ketones (excluding diaryl/α,β-unsaturated/α-hetero) is 1. The van der Waals surface area contributed by atoms with Gasteiger partial charge in [0.2, 0.25) is 0 Å². The van der Waals surface area contributed by atoms with E-state index in [1.54, 1.807) is 0 Å². The van der Waals surface area contributed by atoms with Crippen molar-refractivity contribution in [1.29, 1.82) is 0 Å². The second-order valence-corrected chi connectivity index (χ2v) is 11.8. The third-order valence-corrected chi connectivity index (χ3v) is 8.97. The van der Waals surface area contributed by atoms with E-state index in [0.717, 1.165) is 31.7 Å². The normalized spacial score (nSPS) is 22.1. The van der Waals surface area contributed by atoms with E-state index in [4.69, 9.17) is 5.73 Å². The summed E-state index contributed by atoms with van der Waals surface area (Å²) in [5, 5.41) is 1.31. The number of hydrogen-bond donors (Lipinski definition) is 1. The molecule has 0 saturated heterocycles. The van der Waals surface area contributed by atoms with Gasteiger partial charge in [-0.2, -0.15) is 0 Å². The Morgan fingerprint density at radius 1 is 0.944 bits per heavy atom. The van der Waals surface area contributed by atoms with Crippen molar-refractivity contribution in [3.05, 3.63) is 71.4 Å². The lowest BCUT2D eigenvalue weighted by Crippen LogP contribution is -2.26. The molecule has 1 unspecified atom stereocenters. The number of benzene rings is 2. The quantitative estimate of drug-likeness (QED) is 0.335. The summed E-state index contributed by atoms with van der Waals surface area (Å²) in [4.78, 5) is 13.4. The Balaban J connectivity index is 1.40. The lowest BCUT2D eigenvalue weighted by atomic mass is 9.81. The van der Waals surface area contributed by atoms with Gasteiger partial charge in [-0.1, -0.05) is 67.3 Å². The van der Waals surface area contributed by atoms with Gasteiger partial charge in [0.1, 0.15) is 5.78 Å². The highest BCUT2D eigenvalue weighted by molar-refractivity contribution is 5.87. The van der Waals surface area contributed by atoms with Crippen molar-refractivity contribution in [1.82, 2.24) is 4.57 Å². The first kappa shape index (κ1) is 25.3. The summed E-state index contributed by atoms with van der Waals surface area (Å²) in [6, 6.07) is 18.0. The van der Waals surface area contributed by atoms with Crippen molar-refractivity contribution in [2.75, 3.05) is 0 Å². The number of nitrogens with two attached hydrogens (primary N) is 1. The molecule has 2 aromatic carbocycles. The molecule has 3 nitrogen and oxygen atoms in total. The van der Waals surface area contributed by atoms with Crippen LogP contribution >= 0.6 is 0 Å². The average Bonchev–Trinajstić information content (AvgIpc) is 3.25. The molecule has 0 amide bonds. The summed E-state index contributed by atoms with van der Waals surface area (Å²) in [5.41, 5.74) is 11.3. The third-order valence-electron chi connectivity index (χ3n) is 8.97. The number of aryl methyl sites for hydroxylation is 1. The van der Waals surface area contributed by atoms with Crippen LogP contribution < -0.4 is 5.73 Å². The van der Waals surface area contributed by atoms with Crippen LogP contribution in [0.2, 0.25) is 0 Å². The van der Waals surface area contributed by atoms with E-state index in [1.165, 1.54) is 72.5 Å². The Bertz CT molecular complexity index is 1150. The number of carbonyl (C=O) groups excluding carboxylic acids is 1. The molecule has 2 saturated carbocycles. The predicted octanol–water partition coefficient (Wildman–Crippen LogP) is 7.92. The van der Waals surface area contributed by atoms with Crippen LogP contribution in [0.1, 0.15) is 99.7 Å². The molecular formula is C33H44N2O. The van der Waals surface area contributed by atoms with Crippen LogP contribution in [-0.4, -0.2) is 16.4 Å². The fourth-order valence-corrected chi connectivity index (χ4v) is 6.82. The molecule has 2 aliphatic carbocycles. The molecule has 2 aliphatic rings. The van der Waals surface area contributed by atoms with Crippen molar-refractivity contribution in [3.8, 4) is 0 Å². The molecule has 1 aromatic heterocycles. The number of hydrogen-bond acceptors (Lipinski definition) is 2. The first-order valence-corrected chi connectivity index (χ1v) is 14.5. The zero-order valence-electron chi connectivity index (χ0n) is 22.1. The number of carbonyl (C=O) groups is 1. The van der Waals surface area contributed by atoms with Gasteiger partial charge in [-0.25, -0.2) is 0 Å². The van der Waals surface area contributed by atoms with E-state index < -0.39 is 0 Å². The zero-order valence-corrected chi connectivity index (χ0v) is 22.1. The van der Waals surface area contributed by atoms with E-state index in [-0.39, 0.29) is 5.92 Å². The van der Waals surface area contributed by atoms with Gasteiger partial charge in [0, 0.05) is 48.4 Å². The van der Waals surface area contributed by atoms with Crippen molar-refractivity contribution in [2.45, 2.75) is 102 Å². The minimum absolute atomic E-state index is 0.106. The Labute approximate surface area is 217 Å². The van der Waals surface area contributed by atoms with E-state index in [9.17, 15) is 4.79 Å². The second-order valence-electron chi connectivity index (χ2n) is 11.8. The summed E-state index contributed by atoms with van der Waals surface area (Å²) in [6.45, 7) is 3.25. The highest BCUT2D eigenvalue weighted by Crippen LogP contribution is 2.37. The molecule has 1 atom stereocenters. The monoisotopic (exact) mass is 484 g/mol. The Morgan fingerprint density at radius 2 is 1.72 bits per heavy atom. The van der Waals surface area contributed by atoms with E-state index in [1.807, 2.05) is 0 Å². The van der Waals surface area contributed by atoms with Crippen LogP contribution in [0.3, 0.4) is 0 Å². The highest BCUT2D eigenvalue weighted by atomic mass is 16.1. The number of ketones is 1. The van der Waals surface area contributed by atoms with Crippen LogP contribution in [0.5, 0.6) is 0 Å². The van der Waals surface area contributed by atoms with E-state index in [0.29, 0.717) is 30.6 Å². The SMILES string of the molecule is Cc1cccc(C(CC(=O)CCC2CCC(N)CC2)c2cn(CC3CCCCC3)c3ccccc23)c1. The molecule has 0 radical (unpaired) electrons. The van der Waals surface area contributed by atoms with Crippen LogP contribution in [0.4, 0.5) is 0 Å². The molecule has 2 fully saturated rings. The van der Waals surface area contributed by atoms with Crippen LogP contribution in [0.25, 0.3) is 10.9 Å². The van der Waals surface area contributed by atoms with Crippen molar-refractivity contribution < 1.29 is 4.79 Å². The van der Waals surface area contributed by atoms with Crippen molar-refractivity contribution in [2.24, 2.45) is 17.6 Å². The maximum atomic E-state index is 13.4. The topological polar surface area (TPSA) is 48.0 Å². The maximum Gasteiger partial charge on any atom is 0.133 e. The smallest absolute Gasteiger partial charge is 0.133 e. The molecule has 0 spiro atoms. The van der Waals surface area contributed by atoms with Gasteiger partial charge in [-0.15, -0.1) is 0 Å². The average molecular weight is 485 g/mol. The van der Waals surface area contributed by atoms with Gasteiger partial charge < -0.3 is 10.3 Å². The fourth-order valence-electron chi connectivity index (χ4n) is 6.82. The van der Waals surface area contributed by atoms with Crippen LogP contribution in [0.15, 0.2) is 54.7 Å². The lowest BCUT2D eigenvalue weighted by molar-refractivity contribution is -0.119. The Morgan fingerprint density at radius 3 is 2.50 bits per heavy atom. The Hall–Kier alpha value is -2.39. The summed E-state index contributed by atoms with van der Waals surface area (Å²) in [5.74, 6) is 1.95. The lowest BCUT2D eigenvalue weighted by Gasteiger charge is -2.26. The summed E-state index contributed by atoms with van der Waals surface area (Å²) < 4.78 is 2.50. The van der Waals surface area contributed by atoms with E-state index in [2.05, 4.69) is 66.2 Å². The minimum Gasteiger partial charge on any atom is -0.347 e. The summed E-state index contributed by atoms with van der Waals surface area (Å²) in [7, 11) is 0. The molecule has 0 bridgehead atoms. The largest absolute Gasteiger partial charge is 0.347 e. The summed E-state index contributed by atoms with van der Waals surface area (Å²) >= 11 is 0. The number of rotatable bonds is 9. The first-order valence-electron chi connectivity index (χ1n) is 14.5. The zero-order chi connectivity index (χ0) is 24.9. The summed E-state index contributed by atoms with van der Waals surface area (Å²) in [6.07, 6.45) is 16.1. The van der Waals surface area contributed by atoms with Gasteiger partial charge >= 0.3 is 0 Å². The van der Waals surface area contributed by atoms with Crippen LogP contribution in [-0.2, 0) is 11.3 Å². The molecule has 1 heterocycles. The molecular weight excluding hydrogens is 440 g/mol. The Kier molecular flexibility index (Phi) is 8.26. The van der Waals surface area contributed by atoms with Crippen LogP contribution in [0, 0.1) is 18.8 Å². The fraction of sp³-hybridized carbons (Fsp3) is 0.545. The van der Waals surface area contributed by atoms with Crippen molar-refractivity contribution >= 4 is 16.7 Å². The third kappa shape index (κ3) is 6.11. The molecule has 36 heavy (non-hydrogen) atoms. The maximum absolute atomic E-state index is 13.4. The molecule has 3 aromatic rings. The number of nitrogens with zero attached hydrogens (tertiary/aromatic N) is 1. The number of para-hydroxylation sites is 1. The molecule has 3 heteroatoms. The van der Waals surface area contributed by atoms with Gasteiger partial charge in [-0.3, -0.25) is 4.79 Å². The van der Waals surface area contributed by atoms with Gasteiger partial charge in [0.25, 0.3) is 0 Å². The van der Waals surface area contributed by atoms with Gasteiger partial charge in [0.15, 0.2) is 0 Å². The number of aromatic nitrogens is 1. The molecule has 5 rings (SSSR count). The number of fused-ring (bicyclic) bond motifs is 1. The standard InChI is InChI=1S/C33H44N2O/c1-24-8-7-11-27(20-24)31(21-29(36)19-16-25-14-17-28(34)18-15-25)32-23-35(22-26-9-3-2-4-10-26)33-13-6-5-12-30(32)33/h5-8,11-13,20,23,25-26,28,31H,2-4,9-10,14-19,21-22,34H2,1H3.